The fraction of sp³-hybridized carbons (Fsp3) is 0.125. The molecule has 6 nitrogen and oxygen atoms in total. The molecule has 2 rings (SSSR count). The van der Waals surface area contributed by atoms with Crippen molar-refractivity contribution >= 4 is 45.3 Å². The van der Waals surface area contributed by atoms with Gasteiger partial charge in [0.05, 0.1) is 27.7 Å². The van der Waals surface area contributed by atoms with E-state index in [0.29, 0.717) is 15.6 Å². The van der Waals surface area contributed by atoms with E-state index in [2.05, 4.69) is 10.5 Å². The molecule has 0 aliphatic rings. The number of nitrogens with one attached hydrogen (secondary N) is 1. The summed E-state index contributed by atoms with van der Waals surface area (Å²) in [6.45, 7) is -0.384. The number of nitrogens with zero attached hydrogens (tertiary/aromatic N) is 2. The van der Waals surface area contributed by atoms with Gasteiger partial charge in [0.2, 0.25) is 10.0 Å². The van der Waals surface area contributed by atoms with Gasteiger partial charge in [-0.15, -0.1) is 0 Å². The van der Waals surface area contributed by atoms with Crippen LogP contribution in [0.25, 0.3) is 0 Å². The van der Waals surface area contributed by atoms with Gasteiger partial charge in [-0.05, 0) is 24.3 Å². The fourth-order valence-electron chi connectivity index (χ4n) is 1.90. The van der Waals surface area contributed by atoms with Gasteiger partial charge in [-0.2, -0.15) is 9.41 Å². The second kappa shape index (κ2) is 8.44. The number of carbonyl (C=O) groups is 1. The van der Waals surface area contributed by atoms with Crippen molar-refractivity contribution in [2.24, 2.45) is 5.10 Å². The van der Waals surface area contributed by atoms with Gasteiger partial charge in [-0.3, -0.25) is 4.79 Å². The normalized spacial score (nSPS) is 11.8. The Bertz CT molecular complexity index is 867. The molecule has 0 saturated carbocycles. The molecule has 0 heterocycles. The van der Waals surface area contributed by atoms with Crippen LogP contribution in [0.15, 0.2) is 58.5 Å². The Morgan fingerprint density at radius 1 is 1.12 bits per heavy atom. The molecular weight excluding hydrogens is 385 g/mol. The van der Waals surface area contributed by atoms with Crippen LogP contribution < -0.4 is 5.43 Å². The molecule has 0 radical (unpaired) electrons. The van der Waals surface area contributed by atoms with Gasteiger partial charge in [-0.25, -0.2) is 13.8 Å². The highest BCUT2D eigenvalue weighted by atomic mass is 35.5. The number of hydrazone groups is 1. The lowest BCUT2D eigenvalue weighted by molar-refractivity contribution is -0.121. The molecule has 0 aliphatic carbocycles. The lowest BCUT2D eigenvalue weighted by atomic mass is 10.2. The molecule has 0 atom stereocenters. The molecular formula is C16H15Cl2N3O3S. The van der Waals surface area contributed by atoms with E-state index >= 15 is 0 Å². The van der Waals surface area contributed by atoms with E-state index in [9.17, 15) is 13.2 Å². The van der Waals surface area contributed by atoms with Crippen molar-refractivity contribution in [2.75, 3.05) is 13.6 Å². The first kappa shape index (κ1) is 19.4. The minimum atomic E-state index is -3.75. The van der Waals surface area contributed by atoms with Gasteiger partial charge in [0.15, 0.2) is 0 Å². The van der Waals surface area contributed by atoms with Gasteiger partial charge in [0.25, 0.3) is 5.91 Å². The number of hydrogen-bond donors (Lipinski definition) is 1. The molecule has 2 aromatic carbocycles. The van der Waals surface area contributed by atoms with E-state index < -0.39 is 15.9 Å². The molecule has 0 aromatic heterocycles. The summed E-state index contributed by atoms with van der Waals surface area (Å²) >= 11 is 12.0. The van der Waals surface area contributed by atoms with Crippen molar-refractivity contribution in [2.45, 2.75) is 4.90 Å². The number of likely N-dealkylation sites (N-methyl/N-ethyl adjacent to an activating group) is 1. The van der Waals surface area contributed by atoms with Crippen LogP contribution in [0.3, 0.4) is 0 Å². The third kappa shape index (κ3) is 5.02. The van der Waals surface area contributed by atoms with E-state index in [-0.39, 0.29) is 11.4 Å². The Hall–Kier alpha value is -1.93. The SMILES string of the molecule is CN(CC(=O)N/N=C\c1c(Cl)cccc1Cl)S(=O)(=O)c1ccccc1. The molecule has 9 heteroatoms. The Labute approximate surface area is 156 Å². The second-order valence-electron chi connectivity index (χ2n) is 5.00. The highest BCUT2D eigenvalue weighted by molar-refractivity contribution is 7.89. The molecule has 2 aromatic rings. The van der Waals surface area contributed by atoms with E-state index in [1.54, 1.807) is 36.4 Å². The Kier molecular flexibility index (Phi) is 6.55. The molecule has 0 saturated heterocycles. The average molecular weight is 400 g/mol. The van der Waals surface area contributed by atoms with Crippen LogP contribution in [-0.2, 0) is 14.8 Å². The third-order valence-electron chi connectivity index (χ3n) is 3.20. The molecule has 25 heavy (non-hydrogen) atoms. The molecule has 1 amide bonds. The quantitative estimate of drug-likeness (QED) is 0.598. The van der Waals surface area contributed by atoms with Crippen LogP contribution in [0.2, 0.25) is 10.0 Å². The summed E-state index contributed by atoms with van der Waals surface area (Å²) < 4.78 is 25.6. The molecule has 132 valence electrons. The molecule has 0 aliphatic heterocycles. The van der Waals surface area contributed by atoms with Gasteiger partial charge in [-0.1, -0.05) is 47.5 Å². The number of benzene rings is 2. The van der Waals surface area contributed by atoms with Crippen molar-refractivity contribution in [1.29, 1.82) is 0 Å². The zero-order valence-electron chi connectivity index (χ0n) is 13.2. The number of hydrogen-bond acceptors (Lipinski definition) is 4. The molecule has 0 bridgehead atoms. The summed E-state index contributed by atoms with van der Waals surface area (Å²) in [6.07, 6.45) is 1.30. The maximum absolute atomic E-state index is 12.3. The third-order valence-corrected chi connectivity index (χ3v) is 5.68. The maximum Gasteiger partial charge on any atom is 0.255 e. The zero-order chi connectivity index (χ0) is 18.4. The van der Waals surface area contributed by atoms with E-state index in [0.717, 1.165) is 4.31 Å². The second-order valence-corrected chi connectivity index (χ2v) is 7.86. The molecule has 1 N–H and O–H groups in total. The van der Waals surface area contributed by atoms with Crippen molar-refractivity contribution in [3.05, 3.63) is 64.1 Å². The van der Waals surface area contributed by atoms with Crippen LogP contribution in [0.4, 0.5) is 0 Å². The first-order chi connectivity index (χ1) is 11.8. The lowest BCUT2D eigenvalue weighted by Gasteiger charge is -2.15. The fourth-order valence-corrected chi connectivity index (χ4v) is 3.54. The van der Waals surface area contributed by atoms with Crippen molar-refractivity contribution in [1.82, 2.24) is 9.73 Å². The Morgan fingerprint density at radius 3 is 2.32 bits per heavy atom. The monoisotopic (exact) mass is 399 g/mol. The van der Waals surface area contributed by atoms with E-state index in [4.69, 9.17) is 23.2 Å². The van der Waals surface area contributed by atoms with E-state index in [1.807, 2.05) is 0 Å². The Balaban J connectivity index is 1.99. The summed E-state index contributed by atoms with van der Waals surface area (Å²) in [5, 5.41) is 4.52. The predicted molar refractivity (Wildman–Crippen MR) is 98.5 cm³/mol. The number of rotatable bonds is 6. The highest BCUT2D eigenvalue weighted by Crippen LogP contribution is 2.22. The standard InChI is InChI=1S/C16H15Cl2N3O3S/c1-21(25(23,24)12-6-3-2-4-7-12)11-16(22)20-19-10-13-14(17)8-5-9-15(13)18/h2-10H,11H2,1H3,(H,20,22)/b19-10-. The van der Waals surface area contributed by atoms with Crippen LogP contribution in [0, 0.1) is 0 Å². The summed E-state index contributed by atoms with van der Waals surface area (Å²) in [6, 6.07) is 12.8. The number of amides is 1. The Morgan fingerprint density at radius 2 is 1.72 bits per heavy atom. The predicted octanol–water partition coefficient (Wildman–Crippen LogP) is 2.76. The van der Waals surface area contributed by atoms with Gasteiger partial charge in [0, 0.05) is 12.6 Å². The molecule has 0 fully saturated rings. The maximum atomic E-state index is 12.3. The van der Waals surface area contributed by atoms with Crippen LogP contribution in [-0.4, -0.2) is 38.4 Å². The summed E-state index contributed by atoms with van der Waals surface area (Å²) in [7, 11) is -2.43. The minimum absolute atomic E-state index is 0.108. The van der Waals surface area contributed by atoms with Crippen molar-refractivity contribution in [3.8, 4) is 0 Å². The van der Waals surface area contributed by atoms with Crippen LogP contribution in [0.1, 0.15) is 5.56 Å². The summed E-state index contributed by atoms with van der Waals surface area (Å²) in [4.78, 5) is 12.0. The molecule has 0 unspecified atom stereocenters. The average Bonchev–Trinajstić information content (AvgIpc) is 2.58. The van der Waals surface area contributed by atoms with Crippen molar-refractivity contribution < 1.29 is 13.2 Å². The number of sulfonamides is 1. The lowest BCUT2D eigenvalue weighted by Crippen LogP contribution is -2.36. The van der Waals surface area contributed by atoms with Gasteiger partial charge < -0.3 is 0 Å². The molecule has 0 spiro atoms. The van der Waals surface area contributed by atoms with Gasteiger partial charge in [0.1, 0.15) is 0 Å². The van der Waals surface area contributed by atoms with E-state index in [1.165, 1.54) is 25.4 Å². The largest absolute Gasteiger partial charge is 0.272 e. The van der Waals surface area contributed by atoms with Crippen LogP contribution in [0.5, 0.6) is 0 Å². The minimum Gasteiger partial charge on any atom is -0.272 e. The smallest absolute Gasteiger partial charge is 0.255 e. The first-order valence-electron chi connectivity index (χ1n) is 7.09. The highest BCUT2D eigenvalue weighted by Gasteiger charge is 2.22. The topological polar surface area (TPSA) is 78.8 Å². The number of carbonyl (C=O) groups excluding carboxylic acids is 1. The van der Waals surface area contributed by atoms with Crippen molar-refractivity contribution in [3.63, 3.8) is 0 Å². The van der Waals surface area contributed by atoms with Crippen LogP contribution >= 0.6 is 23.2 Å². The first-order valence-corrected chi connectivity index (χ1v) is 9.29. The zero-order valence-corrected chi connectivity index (χ0v) is 15.5. The summed E-state index contributed by atoms with van der Waals surface area (Å²) in [5.41, 5.74) is 2.70. The summed E-state index contributed by atoms with van der Waals surface area (Å²) in [5.74, 6) is -0.596. The number of halogens is 2. The van der Waals surface area contributed by atoms with Gasteiger partial charge >= 0.3 is 0 Å².